The summed E-state index contributed by atoms with van der Waals surface area (Å²) >= 11 is 0. The number of urea groups is 1. The first-order valence-electron chi connectivity index (χ1n) is 7.13. The summed E-state index contributed by atoms with van der Waals surface area (Å²) in [4.78, 5) is 13.6. The van der Waals surface area contributed by atoms with E-state index in [1.807, 2.05) is 42.5 Å². The van der Waals surface area contributed by atoms with E-state index in [2.05, 4.69) is 10.6 Å². The minimum atomic E-state index is -0.311. The number of amides is 2. The minimum absolute atomic E-state index is 0.288. The lowest BCUT2D eigenvalue weighted by molar-refractivity contribution is 0.262. The molecule has 23 heavy (non-hydrogen) atoms. The Morgan fingerprint density at radius 2 is 1.61 bits per heavy atom. The molecule has 2 rings (SSSR count). The summed E-state index contributed by atoms with van der Waals surface area (Å²) in [6.07, 6.45) is 1.48. The van der Waals surface area contributed by atoms with Gasteiger partial charge in [-0.2, -0.15) is 0 Å². The summed E-state index contributed by atoms with van der Waals surface area (Å²) in [5.74, 6) is 0.336. The number of anilines is 3. The molecule has 6 heteroatoms. The molecule has 0 bridgehead atoms. The standard InChI is InChI=1S/C17H19N5O/c1-22(16(19)11-12-18)15-9-7-14(8-10-15)21-17(23)20-13-5-3-2-4-6-13/h2-10,12,18-19H,11H2,1H3,(H2,20,21,23). The predicted molar refractivity (Wildman–Crippen MR) is 95.1 cm³/mol. The fraction of sp³-hybridized carbons (Fsp3) is 0.118. The highest BCUT2D eigenvalue weighted by molar-refractivity contribution is 6.02. The van der Waals surface area contributed by atoms with Gasteiger partial charge in [0.05, 0.1) is 0 Å². The zero-order chi connectivity index (χ0) is 16.7. The van der Waals surface area contributed by atoms with Crippen molar-refractivity contribution in [1.29, 1.82) is 10.8 Å². The summed E-state index contributed by atoms with van der Waals surface area (Å²) in [6.45, 7) is 0. The molecule has 0 saturated carbocycles. The van der Waals surface area contributed by atoms with E-state index in [9.17, 15) is 4.79 Å². The van der Waals surface area contributed by atoms with Crippen LogP contribution in [0.15, 0.2) is 54.6 Å². The second-order valence-electron chi connectivity index (χ2n) is 4.91. The molecule has 0 aliphatic carbocycles. The third kappa shape index (κ3) is 4.67. The molecule has 0 saturated heterocycles. The molecule has 0 atom stereocenters. The molecule has 0 aliphatic rings. The molecule has 0 heterocycles. The average Bonchev–Trinajstić information content (AvgIpc) is 2.56. The van der Waals surface area contributed by atoms with Gasteiger partial charge in [-0.25, -0.2) is 4.79 Å². The maximum atomic E-state index is 11.9. The zero-order valence-corrected chi connectivity index (χ0v) is 12.8. The van der Waals surface area contributed by atoms with Crippen LogP contribution in [-0.4, -0.2) is 25.1 Å². The van der Waals surface area contributed by atoms with Gasteiger partial charge in [0.1, 0.15) is 5.84 Å². The van der Waals surface area contributed by atoms with Gasteiger partial charge in [0.25, 0.3) is 0 Å². The van der Waals surface area contributed by atoms with Gasteiger partial charge in [0.15, 0.2) is 0 Å². The summed E-state index contributed by atoms with van der Waals surface area (Å²) < 4.78 is 0. The summed E-state index contributed by atoms with van der Waals surface area (Å²) in [6, 6.07) is 16.1. The Hall–Kier alpha value is -3.15. The minimum Gasteiger partial charge on any atom is -0.333 e. The number of nitrogens with one attached hydrogen (secondary N) is 4. The van der Waals surface area contributed by atoms with E-state index in [-0.39, 0.29) is 12.5 Å². The summed E-state index contributed by atoms with van der Waals surface area (Å²) in [5.41, 5.74) is 2.21. The van der Waals surface area contributed by atoms with E-state index in [4.69, 9.17) is 10.8 Å². The SMILES string of the molecule is CN(C(=N)CC=N)c1ccc(NC(=O)Nc2ccccc2)cc1. The number of hydrogen-bond donors (Lipinski definition) is 4. The van der Waals surface area contributed by atoms with Crippen molar-refractivity contribution in [2.45, 2.75) is 6.42 Å². The van der Waals surface area contributed by atoms with E-state index in [0.717, 1.165) is 11.4 Å². The van der Waals surface area contributed by atoms with E-state index in [1.165, 1.54) is 6.21 Å². The Labute approximate surface area is 135 Å². The fourth-order valence-corrected chi connectivity index (χ4v) is 1.97. The van der Waals surface area contributed by atoms with Crippen molar-refractivity contribution < 1.29 is 4.79 Å². The average molecular weight is 309 g/mol. The molecule has 0 radical (unpaired) electrons. The number of nitrogens with zero attached hydrogens (tertiary/aromatic N) is 1. The molecule has 2 amide bonds. The molecule has 4 N–H and O–H groups in total. The highest BCUT2D eigenvalue weighted by Crippen LogP contribution is 2.18. The van der Waals surface area contributed by atoms with Crippen molar-refractivity contribution in [2.24, 2.45) is 0 Å². The molecule has 6 nitrogen and oxygen atoms in total. The van der Waals surface area contributed by atoms with Gasteiger partial charge in [-0.3, -0.25) is 5.41 Å². The molecular weight excluding hydrogens is 290 g/mol. The monoisotopic (exact) mass is 309 g/mol. The van der Waals surface area contributed by atoms with Gasteiger partial charge in [0.2, 0.25) is 0 Å². The largest absolute Gasteiger partial charge is 0.333 e. The normalized spacial score (nSPS) is 9.78. The number of amidine groups is 1. The first-order chi connectivity index (χ1) is 11.1. The molecule has 0 aliphatic heterocycles. The summed E-state index contributed by atoms with van der Waals surface area (Å²) in [5, 5.41) is 20.4. The lowest BCUT2D eigenvalue weighted by Crippen LogP contribution is -2.25. The second-order valence-corrected chi connectivity index (χ2v) is 4.91. The fourth-order valence-electron chi connectivity index (χ4n) is 1.97. The van der Waals surface area contributed by atoms with Crippen LogP contribution in [0, 0.1) is 10.8 Å². The van der Waals surface area contributed by atoms with Crippen LogP contribution in [0.1, 0.15) is 6.42 Å². The zero-order valence-electron chi connectivity index (χ0n) is 12.8. The summed E-state index contributed by atoms with van der Waals surface area (Å²) in [7, 11) is 1.77. The predicted octanol–water partition coefficient (Wildman–Crippen LogP) is 3.78. The first-order valence-corrected chi connectivity index (χ1v) is 7.13. The Morgan fingerprint density at radius 1 is 1.04 bits per heavy atom. The van der Waals surface area contributed by atoms with Crippen LogP contribution in [0.3, 0.4) is 0 Å². The van der Waals surface area contributed by atoms with Crippen molar-refractivity contribution in [2.75, 3.05) is 22.6 Å². The van der Waals surface area contributed by atoms with Crippen LogP contribution < -0.4 is 15.5 Å². The Bertz CT molecular complexity index is 682. The lowest BCUT2D eigenvalue weighted by Gasteiger charge is -2.19. The number of hydrogen-bond acceptors (Lipinski definition) is 3. The van der Waals surface area contributed by atoms with Gasteiger partial charge in [-0.1, -0.05) is 18.2 Å². The maximum absolute atomic E-state index is 11.9. The van der Waals surface area contributed by atoms with Crippen LogP contribution in [-0.2, 0) is 0 Å². The van der Waals surface area contributed by atoms with E-state index >= 15 is 0 Å². The third-order valence-electron chi connectivity index (χ3n) is 3.24. The Balaban J connectivity index is 1.95. The van der Waals surface area contributed by atoms with E-state index in [1.54, 1.807) is 24.1 Å². The lowest BCUT2D eigenvalue weighted by atomic mass is 10.2. The van der Waals surface area contributed by atoms with E-state index < -0.39 is 0 Å². The van der Waals surface area contributed by atoms with Gasteiger partial charge in [-0.15, -0.1) is 0 Å². The second kappa shape index (κ2) is 7.74. The quantitative estimate of drug-likeness (QED) is 0.500. The van der Waals surface area contributed by atoms with Gasteiger partial charge < -0.3 is 20.9 Å². The number of rotatable bonds is 5. The number of benzene rings is 2. The van der Waals surface area contributed by atoms with Crippen LogP contribution in [0.4, 0.5) is 21.9 Å². The molecule has 0 fully saturated rings. The van der Waals surface area contributed by atoms with Gasteiger partial charge >= 0.3 is 6.03 Å². The molecule has 2 aromatic carbocycles. The van der Waals surface area contributed by atoms with Crippen molar-refractivity contribution in [3.8, 4) is 0 Å². The number of carbonyl (C=O) groups is 1. The smallest absolute Gasteiger partial charge is 0.323 e. The number of para-hydroxylation sites is 1. The maximum Gasteiger partial charge on any atom is 0.323 e. The van der Waals surface area contributed by atoms with Crippen molar-refractivity contribution in [1.82, 2.24) is 0 Å². The van der Waals surface area contributed by atoms with E-state index in [0.29, 0.717) is 11.5 Å². The molecule has 118 valence electrons. The van der Waals surface area contributed by atoms with Gasteiger partial charge in [0, 0.05) is 36.7 Å². The molecule has 2 aromatic rings. The van der Waals surface area contributed by atoms with Crippen LogP contribution in [0.25, 0.3) is 0 Å². The van der Waals surface area contributed by atoms with Crippen LogP contribution >= 0.6 is 0 Å². The highest BCUT2D eigenvalue weighted by atomic mass is 16.2. The topological polar surface area (TPSA) is 92.1 Å². The molecular formula is C17H19N5O. The van der Waals surface area contributed by atoms with Gasteiger partial charge in [-0.05, 0) is 36.4 Å². The first kappa shape index (κ1) is 16.2. The Morgan fingerprint density at radius 3 is 2.17 bits per heavy atom. The molecule has 0 unspecified atom stereocenters. The van der Waals surface area contributed by atoms with Crippen LogP contribution in [0.2, 0.25) is 0 Å². The van der Waals surface area contributed by atoms with Crippen molar-refractivity contribution >= 4 is 35.1 Å². The Kier molecular flexibility index (Phi) is 5.46. The molecule has 0 aromatic heterocycles. The van der Waals surface area contributed by atoms with Crippen molar-refractivity contribution in [3.63, 3.8) is 0 Å². The number of carbonyl (C=O) groups excluding carboxylic acids is 1. The van der Waals surface area contributed by atoms with Crippen molar-refractivity contribution in [3.05, 3.63) is 54.6 Å². The van der Waals surface area contributed by atoms with Crippen LogP contribution in [0.5, 0.6) is 0 Å². The molecule has 0 spiro atoms. The third-order valence-corrected chi connectivity index (χ3v) is 3.24. The highest BCUT2D eigenvalue weighted by Gasteiger charge is 2.07.